The highest BCUT2D eigenvalue weighted by molar-refractivity contribution is 5.73. The van der Waals surface area contributed by atoms with Crippen LogP contribution in [-0.4, -0.2) is 37.9 Å². The van der Waals surface area contributed by atoms with Crippen LogP contribution in [0.3, 0.4) is 0 Å². The van der Waals surface area contributed by atoms with Crippen molar-refractivity contribution in [2.24, 2.45) is 0 Å². The van der Waals surface area contributed by atoms with E-state index < -0.39 is 5.97 Å². The van der Waals surface area contributed by atoms with Crippen molar-refractivity contribution in [1.82, 2.24) is 0 Å². The maximum absolute atomic E-state index is 10.9. The molecule has 0 aliphatic rings. The molecular formula is C14H21NO3. The summed E-state index contributed by atoms with van der Waals surface area (Å²) in [6.45, 7) is 1.58. The van der Waals surface area contributed by atoms with Gasteiger partial charge < -0.3 is 14.7 Å². The topological polar surface area (TPSA) is 49.8 Å². The number of hydrogen-bond donors (Lipinski definition) is 1. The first kappa shape index (κ1) is 14.5. The van der Waals surface area contributed by atoms with Crippen LogP contribution in [0.5, 0.6) is 0 Å². The van der Waals surface area contributed by atoms with Crippen molar-refractivity contribution >= 4 is 11.7 Å². The Bertz CT molecular complexity index is 340. The molecular weight excluding hydrogens is 230 g/mol. The van der Waals surface area contributed by atoms with Crippen LogP contribution in [0, 0.1) is 0 Å². The average Bonchev–Trinajstić information content (AvgIpc) is 2.38. The van der Waals surface area contributed by atoms with Crippen LogP contribution >= 0.6 is 0 Å². The Hall–Kier alpha value is -1.55. The van der Waals surface area contributed by atoms with E-state index in [1.54, 1.807) is 7.11 Å². The molecule has 1 aromatic rings. The van der Waals surface area contributed by atoms with Gasteiger partial charge in [0.25, 0.3) is 0 Å². The third-order valence-corrected chi connectivity index (χ3v) is 2.72. The zero-order valence-electron chi connectivity index (χ0n) is 10.8. The maximum Gasteiger partial charge on any atom is 0.323 e. The van der Waals surface area contributed by atoms with Gasteiger partial charge in [-0.1, -0.05) is 18.2 Å². The first-order valence-corrected chi connectivity index (χ1v) is 6.24. The van der Waals surface area contributed by atoms with Crippen molar-refractivity contribution in [3.63, 3.8) is 0 Å². The Morgan fingerprint density at radius 2 is 1.94 bits per heavy atom. The Balaban J connectivity index is 2.44. The Kier molecular flexibility index (Phi) is 6.87. The predicted octanol–water partition coefficient (Wildman–Crippen LogP) is 2.39. The monoisotopic (exact) mass is 251 g/mol. The second-order valence-corrected chi connectivity index (χ2v) is 4.20. The number of carboxylic acids is 1. The van der Waals surface area contributed by atoms with Gasteiger partial charge >= 0.3 is 5.97 Å². The number of nitrogens with zero attached hydrogens (tertiary/aromatic N) is 1. The van der Waals surface area contributed by atoms with E-state index in [1.807, 2.05) is 35.2 Å². The molecule has 0 saturated carbocycles. The molecule has 0 amide bonds. The number of aliphatic carboxylic acids is 1. The van der Waals surface area contributed by atoms with E-state index in [0.717, 1.165) is 38.1 Å². The molecule has 0 aliphatic carbocycles. The minimum atomic E-state index is -0.796. The van der Waals surface area contributed by atoms with Crippen molar-refractivity contribution in [2.45, 2.75) is 19.3 Å². The van der Waals surface area contributed by atoms with Gasteiger partial charge in [0.2, 0.25) is 0 Å². The molecule has 1 N–H and O–H groups in total. The Morgan fingerprint density at radius 3 is 2.56 bits per heavy atom. The number of carbonyl (C=O) groups is 1. The lowest BCUT2D eigenvalue weighted by atomic mass is 10.2. The normalized spacial score (nSPS) is 10.3. The summed E-state index contributed by atoms with van der Waals surface area (Å²) in [5.41, 5.74) is 0.964. The van der Waals surface area contributed by atoms with E-state index in [1.165, 1.54) is 0 Å². The quantitative estimate of drug-likeness (QED) is 0.685. The molecule has 0 aromatic heterocycles. The molecule has 0 bridgehead atoms. The molecule has 0 fully saturated rings. The van der Waals surface area contributed by atoms with Gasteiger partial charge in [-0.3, -0.25) is 4.79 Å². The van der Waals surface area contributed by atoms with Gasteiger partial charge in [-0.15, -0.1) is 0 Å². The fourth-order valence-corrected chi connectivity index (χ4v) is 1.83. The highest BCUT2D eigenvalue weighted by atomic mass is 16.5. The van der Waals surface area contributed by atoms with E-state index in [0.29, 0.717) is 0 Å². The Morgan fingerprint density at radius 1 is 1.22 bits per heavy atom. The molecule has 0 saturated heterocycles. The molecule has 0 heterocycles. The smallest absolute Gasteiger partial charge is 0.323 e. The van der Waals surface area contributed by atoms with Crippen LogP contribution in [0.4, 0.5) is 5.69 Å². The fourth-order valence-electron chi connectivity index (χ4n) is 1.83. The summed E-state index contributed by atoms with van der Waals surface area (Å²) >= 11 is 0. The molecule has 1 rings (SSSR count). The molecule has 4 heteroatoms. The van der Waals surface area contributed by atoms with Crippen LogP contribution < -0.4 is 4.90 Å². The summed E-state index contributed by atoms with van der Waals surface area (Å²) in [7, 11) is 1.70. The zero-order valence-corrected chi connectivity index (χ0v) is 10.8. The average molecular weight is 251 g/mol. The number of methoxy groups -OCH3 is 1. The summed E-state index contributed by atoms with van der Waals surface area (Å²) in [5.74, 6) is -0.796. The van der Waals surface area contributed by atoms with Crippen molar-refractivity contribution in [3.8, 4) is 0 Å². The van der Waals surface area contributed by atoms with Crippen LogP contribution in [0.25, 0.3) is 0 Å². The first-order chi connectivity index (χ1) is 8.74. The molecule has 4 nitrogen and oxygen atoms in total. The standard InChI is InChI=1S/C14H21NO3/c1-18-11-7-3-6-10-15(12-14(16)17)13-8-4-2-5-9-13/h2,4-5,8-9H,3,6-7,10-12H2,1H3,(H,16,17). The number of carboxylic acid groups (broad SMARTS) is 1. The minimum absolute atomic E-state index is 0.0499. The largest absolute Gasteiger partial charge is 0.480 e. The zero-order chi connectivity index (χ0) is 13.2. The third-order valence-electron chi connectivity index (χ3n) is 2.72. The highest BCUT2D eigenvalue weighted by Crippen LogP contribution is 2.14. The fraction of sp³-hybridized carbons (Fsp3) is 0.500. The number of anilines is 1. The van der Waals surface area contributed by atoms with Gasteiger partial charge in [0, 0.05) is 25.9 Å². The van der Waals surface area contributed by atoms with Gasteiger partial charge in [0.1, 0.15) is 6.54 Å². The number of ether oxygens (including phenoxy) is 1. The minimum Gasteiger partial charge on any atom is -0.480 e. The number of benzene rings is 1. The summed E-state index contributed by atoms with van der Waals surface area (Å²) < 4.78 is 4.99. The maximum atomic E-state index is 10.9. The second-order valence-electron chi connectivity index (χ2n) is 4.20. The van der Waals surface area contributed by atoms with Gasteiger partial charge in [-0.2, -0.15) is 0 Å². The summed E-state index contributed by atoms with van der Waals surface area (Å²) in [5, 5.41) is 8.92. The highest BCUT2D eigenvalue weighted by Gasteiger charge is 2.09. The molecule has 0 spiro atoms. The summed E-state index contributed by atoms with van der Waals surface area (Å²) in [6, 6.07) is 9.67. The van der Waals surface area contributed by atoms with Crippen molar-refractivity contribution in [3.05, 3.63) is 30.3 Å². The van der Waals surface area contributed by atoms with Crippen molar-refractivity contribution < 1.29 is 14.6 Å². The molecule has 0 aliphatic heterocycles. The molecule has 0 atom stereocenters. The molecule has 0 radical (unpaired) electrons. The number of rotatable bonds is 9. The van der Waals surface area contributed by atoms with E-state index in [9.17, 15) is 4.79 Å². The van der Waals surface area contributed by atoms with Gasteiger partial charge in [-0.25, -0.2) is 0 Å². The van der Waals surface area contributed by atoms with E-state index in [-0.39, 0.29) is 6.54 Å². The van der Waals surface area contributed by atoms with Crippen molar-refractivity contribution in [1.29, 1.82) is 0 Å². The second kappa shape index (κ2) is 8.53. The lowest BCUT2D eigenvalue weighted by molar-refractivity contribution is -0.135. The molecule has 18 heavy (non-hydrogen) atoms. The van der Waals surface area contributed by atoms with Gasteiger partial charge in [0.15, 0.2) is 0 Å². The van der Waals surface area contributed by atoms with Crippen molar-refractivity contribution in [2.75, 3.05) is 31.7 Å². The van der Waals surface area contributed by atoms with Gasteiger partial charge in [0.05, 0.1) is 0 Å². The molecule has 0 unspecified atom stereocenters. The SMILES string of the molecule is COCCCCCN(CC(=O)O)c1ccccc1. The first-order valence-electron chi connectivity index (χ1n) is 6.24. The summed E-state index contributed by atoms with van der Waals surface area (Å²) in [6.07, 6.45) is 3.05. The lowest BCUT2D eigenvalue weighted by Gasteiger charge is -2.22. The number of para-hydroxylation sites is 1. The molecule has 1 aromatic carbocycles. The predicted molar refractivity (Wildman–Crippen MR) is 72.0 cm³/mol. The third kappa shape index (κ3) is 5.68. The Labute approximate surface area is 108 Å². The van der Waals surface area contributed by atoms with E-state index in [2.05, 4.69) is 0 Å². The molecule has 100 valence electrons. The van der Waals surface area contributed by atoms with Gasteiger partial charge in [-0.05, 0) is 31.4 Å². The van der Waals surface area contributed by atoms with E-state index in [4.69, 9.17) is 9.84 Å². The van der Waals surface area contributed by atoms with E-state index >= 15 is 0 Å². The van der Waals surface area contributed by atoms with Crippen LogP contribution in [0.2, 0.25) is 0 Å². The van der Waals surface area contributed by atoms with Crippen LogP contribution in [-0.2, 0) is 9.53 Å². The lowest BCUT2D eigenvalue weighted by Crippen LogP contribution is -2.30. The van der Waals surface area contributed by atoms with Crippen LogP contribution in [0.15, 0.2) is 30.3 Å². The van der Waals surface area contributed by atoms with Crippen LogP contribution in [0.1, 0.15) is 19.3 Å². The summed E-state index contributed by atoms with van der Waals surface area (Å²) in [4.78, 5) is 12.8. The number of unbranched alkanes of at least 4 members (excludes halogenated alkanes) is 2. The number of hydrogen-bond acceptors (Lipinski definition) is 3.